The van der Waals surface area contributed by atoms with E-state index in [0.717, 1.165) is 35.7 Å². The second kappa shape index (κ2) is 9.39. The Morgan fingerprint density at radius 1 is 1.26 bits per heavy atom. The lowest BCUT2D eigenvalue weighted by Crippen LogP contribution is -2.46. The minimum absolute atomic E-state index is 0.00325. The van der Waals surface area contributed by atoms with Gasteiger partial charge in [-0.1, -0.05) is 19.3 Å². The van der Waals surface area contributed by atoms with Crippen molar-refractivity contribution in [2.75, 3.05) is 20.1 Å². The van der Waals surface area contributed by atoms with E-state index < -0.39 is 0 Å². The van der Waals surface area contributed by atoms with E-state index in [0.29, 0.717) is 18.5 Å². The van der Waals surface area contributed by atoms with Crippen LogP contribution in [0.2, 0.25) is 0 Å². The van der Waals surface area contributed by atoms with E-state index in [9.17, 15) is 9.18 Å². The fraction of sp³-hybridized carbons (Fsp3) is 0.500. The molecule has 1 fully saturated rings. The molecule has 0 radical (unpaired) electrons. The van der Waals surface area contributed by atoms with Crippen LogP contribution in [0.25, 0.3) is 10.9 Å². The number of carbonyl (C=O) groups excluding carboxylic acids is 1. The minimum atomic E-state index is -0.245. The number of aromatic nitrogens is 1. The van der Waals surface area contributed by atoms with Gasteiger partial charge in [-0.25, -0.2) is 4.39 Å². The third kappa shape index (κ3) is 5.45. The summed E-state index contributed by atoms with van der Waals surface area (Å²) < 4.78 is 13.3. The third-order valence-electron chi connectivity index (χ3n) is 5.03. The molecule has 1 heterocycles. The Labute approximate surface area is 159 Å². The summed E-state index contributed by atoms with van der Waals surface area (Å²) in [6.07, 6.45) is 8.48. The topological polar surface area (TPSA) is 81.3 Å². The zero-order chi connectivity index (χ0) is 19.1. The summed E-state index contributed by atoms with van der Waals surface area (Å²) in [6.45, 7) is 0.872. The molecule has 1 saturated carbocycles. The number of aliphatic imine (C=N–C) groups is 1. The number of carbonyl (C=O) groups is 1. The molecular weight excluding hydrogens is 345 g/mol. The van der Waals surface area contributed by atoms with Crippen LogP contribution in [0.5, 0.6) is 0 Å². The number of hydrogen-bond acceptors (Lipinski definition) is 2. The molecule has 3 rings (SSSR count). The molecule has 4 N–H and O–H groups in total. The Morgan fingerprint density at radius 3 is 2.85 bits per heavy atom. The summed E-state index contributed by atoms with van der Waals surface area (Å²) in [6, 6.07) is 5.07. The van der Waals surface area contributed by atoms with E-state index in [1.165, 1.54) is 31.4 Å². The summed E-state index contributed by atoms with van der Waals surface area (Å²) in [5.41, 5.74) is 1.91. The molecule has 7 heteroatoms. The van der Waals surface area contributed by atoms with Crippen molar-refractivity contribution < 1.29 is 9.18 Å². The second-order valence-electron chi connectivity index (χ2n) is 7.01. The number of hydrogen-bond donors (Lipinski definition) is 4. The van der Waals surface area contributed by atoms with Crippen LogP contribution in [0.3, 0.4) is 0 Å². The van der Waals surface area contributed by atoms with E-state index in [4.69, 9.17) is 0 Å². The molecule has 6 nitrogen and oxygen atoms in total. The Balaban J connectivity index is 1.41. The van der Waals surface area contributed by atoms with E-state index in [-0.39, 0.29) is 18.3 Å². The number of halogens is 1. The van der Waals surface area contributed by atoms with Crippen LogP contribution in [-0.2, 0) is 11.2 Å². The molecule has 0 saturated heterocycles. The lowest BCUT2D eigenvalue weighted by molar-refractivity contribution is -0.120. The number of aromatic amines is 1. The van der Waals surface area contributed by atoms with Crippen LogP contribution in [0.15, 0.2) is 29.4 Å². The Bertz CT molecular complexity index is 795. The van der Waals surface area contributed by atoms with Crippen LogP contribution >= 0.6 is 0 Å². The molecule has 1 aromatic carbocycles. The second-order valence-corrected chi connectivity index (χ2v) is 7.01. The number of guanidine groups is 1. The molecule has 2 aromatic rings. The number of amides is 1. The van der Waals surface area contributed by atoms with Crippen molar-refractivity contribution in [2.24, 2.45) is 4.99 Å². The number of nitrogens with one attached hydrogen (secondary N) is 4. The third-order valence-corrected chi connectivity index (χ3v) is 5.03. The van der Waals surface area contributed by atoms with Crippen molar-refractivity contribution in [3.05, 3.63) is 35.8 Å². The maximum absolute atomic E-state index is 13.3. The summed E-state index contributed by atoms with van der Waals surface area (Å²) in [5, 5.41) is 10.4. The fourth-order valence-electron chi connectivity index (χ4n) is 3.59. The van der Waals surface area contributed by atoms with Gasteiger partial charge in [-0.05, 0) is 43.0 Å². The highest BCUT2D eigenvalue weighted by Gasteiger charge is 2.15. The van der Waals surface area contributed by atoms with Gasteiger partial charge in [-0.2, -0.15) is 0 Å². The first-order valence-electron chi connectivity index (χ1n) is 9.65. The van der Waals surface area contributed by atoms with Gasteiger partial charge < -0.3 is 20.9 Å². The monoisotopic (exact) mass is 373 g/mol. The van der Waals surface area contributed by atoms with Gasteiger partial charge >= 0.3 is 0 Å². The molecule has 146 valence electrons. The van der Waals surface area contributed by atoms with Gasteiger partial charge in [0.2, 0.25) is 5.91 Å². The molecule has 0 bridgehead atoms. The molecule has 1 amide bonds. The van der Waals surface area contributed by atoms with Crippen LogP contribution in [-0.4, -0.2) is 43.0 Å². The molecular formula is C20H28FN5O. The van der Waals surface area contributed by atoms with Crippen molar-refractivity contribution in [1.82, 2.24) is 20.9 Å². The summed E-state index contributed by atoms with van der Waals surface area (Å²) in [7, 11) is 1.68. The lowest BCUT2D eigenvalue weighted by Gasteiger charge is -2.23. The Morgan fingerprint density at radius 2 is 2.07 bits per heavy atom. The van der Waals surface area contributed by atoms with Crippen LogP contribution in [0.4, 0.5) is 4.39 Å². The molecule has 0 spiro atoms. The van der Waals surface area contributed by atoms with Crippen LogP contribution in [0, 0.1) is 5.82 Å². The molecule has 0 atom stereocenters. The summed E-state index contributed by atoms with van der Waals surface area (Å²) >= 11 is 0. The van der Waals surface area contributed by atoms with E-state index in [1.54, 1.807) is 13.1 Å². The molecule has 1 aromatic heterocycles. The number of rotatable bonds is 6. The zero-order valence-electron chi connectivity index (χ0n) is 15.8. The SMILES string of the molecule is CN=C(NCCc1c[nH]c2cc(F)ccc12)NCC(=O)NC1CCCCC1. The smallest absolute Gasteiger partial charge is 0.239 e. The largest absolute Gasteiger partial charge is 0.361 e. The molecule has 1 aliphatic rings. The number of benzene rings is 1. The predicted octanol–water partition coefficient (Wildman–Crippen LogP) is 2.46. The van der Waals surface area contributed by atoms with Gasteiger partial charge in [-0.3, -0.25) is 9.79 Å². The van der Waals surface area contributed by atoms with Gasteiger partial charge in [0.05, 0.1) is 6.54 Å². The van der Waals surface area contributed by atoms with Gasteiger partial charge in [0, 0.05) is 36.7 Å². The van der Waals surface area contributed by atoms with Crippen molar-refractivity contribution in [1.29, 1.82) is 0 Å². The first kappa shape index (κ1) is 19.2. The van der Waals surface area contributed by atoms with Crippen molar-refractivity contribution in [3.63, 3.8) is 0 Å². The predicted molar refractivity (Wildman–Crippen MR) is 106 cm³/mol. The van der Waals surface area contributed by atoms with Gasteiger partial charge in [0.25, 0.3) is 0 Å². The Kier molecular flexibility index (Phi) is 6.68. The number of nitrogens with zero attached hydrogens (tertiary/aromatic N) is 1. The van der Waals surface area contributed by atoms with E-state index in [1.807, 2.05) is 6.20 Å². The van der Waals surface area contributed by atoms with E-state index in [2.05, 4.69) is 25.9 Å². The first-order valence-corrected chi connectivity index (χ1v) is 9.65. The van der Waals surface area contributed by atoms with Gasteiger partial charge in [-0.15, -0.1) is 0 Å². The average Bonchev–Trinajstić information content (AvgIpc) is 3.07. The standard InChI is InChI=1S/C20H28FN5O/c1-22-20(25-13-19(27)26-16-5-3-2-4-6-16)23-10-9-14-12-24-18-11-15(21)7-8-17(14)18/h7-8,11-12,16,24H,2-6,9-10,13H2,1H3,(H,26,27)(H2,22,23,25). The molecule has 0 unspecified atom stereocenters. The minimum Gasteiger partial charge on any atom is -0.361 e. The van der Waals surface area contributed by atoms with Crippen LogP contribution < -0.4 is 16.0 Å². The molecule has 0 aliphatic heterocycles. The van der Waals surface area contributed by atoms with E-state index >= 15 is 0 Å². The quantitative estimate of drug-likeness (QED) is 0.464. The van der Waals surface area contributed by atoms with Crippen molar-refractivity contribution in [2.45, 2.75) is 44.6 Å². The maximum atomic E-state index is 13.3. The fourth-order valence-corrected chi connectivity index (χ4v) is 3.59. The van der Waals surface area contributed by atoms with Crippen molar-refractivity contribution in [3.8, 4) is 0 Å². The summed E-state index contributed by atoms with van der Waals surface area (Å²) in [4.78, 5) is 19.3. The maximum Gasteiger partial charge on any atom is 0.239 e. The number of fused-ring (bicyclic) bond motifs is 1. The van der Waals surface area contributed by atoms with Crippen LogP contribution in [0.1, 0.15) is 37.7 Å². The molecule has 1 aliphatic carbocycles. The zero-order valence-corrected chi connectivity index (χ0v) is 15.8. The average molecular weight is 373 g/mol. The first-order chi connectivity index (χ1) is 13.2. The highest BCUT2D eigenvalue weighted by atomic mass is 19.1. The lowest BCUT2D eigenvalue weighted by atomic mass is 9.95. The van der Waals surface area contributed by atoms with Crippen molar-refractivity contribution >= 4 is 22.8 Å². The van der Waals surface area contributed by atoms with Gasteiger partial charge in [0.15, 0.2) is 5.96 Å². The van der Waals surface area contributed by atoms with Gasteiger partial charge in [0.1, 0.15) is 5.82 Å². The normalized spacial score (nSPS) is 15.7. The summed E-state index contributed by atoms with van der Waals surface area (Å²) in [5.74, 6) is 0.355. The molecule has 27 heavy (non-hydrogen) atoms. The highest BCUT2D eigenvalue weighted by Crippen LogP contribution is 2.19. The highest BCUT2D eigenvalue weighted by molar-refractivity contribution is 5.86. The number of H-pyrrole nitrogens is 1. The Hall–Kier alpha value is -2.57.